The molecule has 2 rings (SSSR count). The molecule has 21 heavy (non-hydrogen) atoms. The Labute approximate surface area is 136 Å². The van der Waals surface area contributed by atoms with Crippen molar-refractivity contribution in [2.75, 3.05) is 18.8 Å². The van der Waals surface area contributed by atoms with E-state index in [0.717, 1.165) is 19.3 Å². The molecule has 118 valence electrons. The van der Waals surface area contributed by atoms with E-state index >= 15 is 0 Å². The maximum absolute atomic E-state index is 12.8. The van der Waals surface area contributed by atoms with E-state index in [0.29, 0.717) is 18.8 Å². The number of halogens is 2. The maximum atomic E-state index is 12.8. The molecule has 1 fully saturated rings. The van der Waals surface area contributed by atoms with E-state index in [2.05, 4.69) is 13.8 Å². The number of nitrogen functional groups attached to an aromatic ring is 1. The molecule has 0 amide bonds. The van der Waals surface area contributed by atoms with Crippen LogP contribution in [0.2, 0.25) is 10.0 Å². The lowest BCUT2D eigenvalue weighted by Crippen LogP contribution is -2.32. The van der Waals surface area contributed by atoms with Crippen molar-refractivity contribution >= 4 is 38.9 Å². The van der Waals surface area contributed by atoms with Crippen LogP contribution in [0.25, 0.3) is 0 Å². The lowest BCUT2D eigenvalue weighted by Gasteiger charge is -2.23. The van der Waals surface area contributed by atoms with E-state index in [1.807, 2.05) is 0 Å². The Bertz CT molecular complexity index is 621. The molecule has 1 aromatic rings. The van der Waals surface area contributed by atoms with E-state index in [1.54, 1.807) is 0 Å². The molecule has 1 heterocycles. The number of rotatable bonds is 2. The van der Waals surface area contributed by atoms with Gasteiger partial charge in [0, 0.05) is 18.8 Å². The number of benzene rings is 1. The van der Waals surface area contributed by atoms with Crippen molar-refractivity contribution in [3.63, 3.8) is 0 Å². The number of anilines is 1. The van der Waals surface area contributed by atoms with Gasteiger partial charge < -0.3 is 5.73 Å². The van der Waals surface area contributed by atoms with Gasteiger partial charge in [0.25, 0.3) is 0 Å². The Morgan fingerprint density at radius 1 is 1.14 bits per heavy atom. The smallest absolute Gasteiger partial charge is 0.246 e. The minimum absolute atomic E-state index is 0.0419. The summed E-state index contributed by atoms with van der Waals surface area (Å²) in [5.74, 6) is 0. The fourth-order valence-corrected chi connectivity index (χ4v) is 5.25. The average molecular weight is 351 g/mol. The Morgan fingerprint density at radius 2 is 1.71 bits per heavy atom. The number of nitrogens with zero attached hydrogens (tertiary/aromatic N) is 1. The van der Waals surface area contributed by atoms with Crippen LogP contribution < -0.4 is 5.73 Å². The molecule has 1 aliphatic rings. The molecule has 0 radical (unpaired) electrons. The van der Waals surface area contributed by atoms with Gasteiger partial charge >= 0.3 is 0 Å². The van der Waals surface area contributed by atoms with Crippen LogP contribution in [0.4, 0.5) is 5.69 Å². The first-order valence-corrected chi connectivity index (χ1v) is 9.08. The lowest BCUT2D eigenvalue weighted by molar-refractivity contribution is 0.315. The highest BCUT2D eigenvalue weighted by molar-refractivity contribution is 7.89. The average Bonchev–Trinajstić information content (AvgIpc) is 2.48. The monoisotopic (exact) mass is 350 g/mol. The third-order valence-corrected chi connectivity index (χ3v) is 6.74. The molecule has 7 heteroatoms. The van der Waals surface area contributed by atoms with Gasteiger partial charge in [0.15, 0.2) is 0 Å². The van der Waals surface area contributed by atoms with Crippen molar-refractivity contribution in [1.29, 1.82) is 0 Å². The molecule has 0 aromatic heterocycles. The van der Waals surface area contributed by atoms with Gasteiger partial charge in [0.1, 0.15) is 4.90 Å². The van der Waals surface area contributed by atoms with Gasteiger partial charge in [-0.15, -0.1) is 0 Å². The number of nitrogens with two attached hydrogens (primary N) is 1. The Hall–Kier alpha value is -0.490. The quantitative estimate of drug-likeness (QED) is 0.825. The first-order valence-electron chi connectivity index (χ1n) is 6.88. The lowest BCUT2D eigenvalue weighted by atomic mass is 9.85. The largest absolute Gasteiger partial charge is 0.399 e. The zero-order valence-electron chi connectivity index (χ0n) is 12.2. The summed E-state index contributed by atoms with van der Waals surface area (Å²) in [6.45, 7) is 5.29. The highest BCUT2D eigenvalue weighted by Crippen LogP contribution is 2.36. The van der Waals surface area contributed by atoms with E-state index in [-0.39, 0.29) is 20.4 Å². The summed E-state index contributed by atoms with van der Waals surface area (Å²) < 4.78 is 27.1. The fraction of sp³-hybridized carbons (Fsp3) is 0.571. The Kier molecular flexibility index (Phi) is 4.78. The van der Waals surface area contributed by atoms with Crippen LogP contribution in [0.1, 0.15) is 33.1 Å². The van der Waals surface area contributed by atoms with Crippen molar-refractivity contribution in [1.82, 2.24) is 4.31 Å². The molecule has 1 aromatic carbocycles. The molecule has 1 saturated heterocycles. The van der Waals surface area contributed by atoms with E-state index < -0.39 is 10.0 Å². The van der Waals surface area contributed by atoms with Crippen molar-refractivity contribution in [2.45, 2.75) is 38.0 Å². The van der Waals surface area contributed by atoms with Gasteiger partial charge in [-0.2, -0.15) is 4.31 Å². The summed E-state index contributed by atoms with van der Waals surface area (Å²) in [6.07, 6.45) is 2.65. The summed E-state index contributed by atoms with van der Waals surface area (Å²) in [5, 5.41) is 0.145. The second-order valence-electron chi connectivity index (χ2n) is 6.24. The number of hydrogen-bond donors (Lipinski definition) is 1. The van der Waals surface area contributed by atoms with Crippen LogP contribution in [0, 0.1) is 5.41 Å². The van der Waals surface area contributed by atoms with Crippen LogP contribution in [0.15, 0.2) is 17.0 Å². The second-order valence-corrected chi connectivity index (χ2v) is 8.92. The van der Waals surface area contributed by atoms with Crippen LogP contribution in [0.5, 0.6) is 0 Å². The topological polar surface area (TPSA) is 63.4 Å². The van der Waals surface area contributed by atoms with Gasteiger partial charge in [-0.1, -0.05) is 37.0 Å². The summed E-state index contributed by atoms with van der Waals surface area (Å²) in [4.78, 5) is -0.0419. The Balaban J connectivity index is 2.39. The van der Waals surface area contributed by atoms with Crippen molar-refractivity contribution in [2.24, 2.45) is 5.41 Å². The van der Waals surface area contributed by atoms with Crippen LogP contribution in [0.3, 0.4) is 0 Å². The Morgan fingerprint density at radius 3 is 2.29 bits per heavy atom. The zero-order valence-corrected chi connectivity index (χ0v) is 14.5. The van der Waals surface area contributed by atoms with Crippen molar-refractivity contribution < 1.29 is 8.42 Å². The molecule has 0 spiro atoms. The first-order chi connectivity index (χ1) is 9.63. The standard InChI is InChI=1S/C14H20Cl2N2O2S/c1-14(2)4-3-6-18(7-5-14)21(19,20)13-11(15)8-10(17)9-12(13)16/h8-9H,3-7,17H2,1-2H3. The SMILES string of the molecule is CC1(C)CCCN(S(=O)(=O)c2c(Cl)cc(N)cc2Cl)CC1. The number of hydrogen-bond acceptors (Lipinski definition) is 3. The minimum Gasteiger partial charge on any atom is -0.399 e. The number of sulfonamides is 1. The highest BCUT2D eigenvalue weighted by Gasteiger charge is 2.33. The molecule has 0 unspecified atom stereocenters. The molecule has 0 saturated carbocycles. The molecule has 0 aliphatic carbocycles. The molecule has 0 atom stereocenters. The molecular weight excluding hydrogens is 331 g/mol. The fourth-order valence-electron chi connectivity index (χ4n) is 2.59. The van der Waals surface area contributed by atoms with Crippen LogP contribution in [-0.4, -0.2) is 25.8 Å². The van der Waals surface area contributed by atoms with Gasteiger partial charge in [-0.25, -0.2) is 8.42 Å². The molecule has 2 N–H and O–H groups in total. The summed E-state index contributed by atoms with van der Waals surface area (Å²) in [7, 11) is -3.70. The maximum Gasteiger partial charge on any atom is 0.246 e. The summed E-state index contributed by atoms with van der Waals surface area (Å²) >= 11 is 12.1. The van der Waals surface area contributed by atoms with Gasteiger partial charge in [-0.3, -0.25) is 0 Å². The molecule has 4 nitrogen and oxygen atoms in total. The van der Waals surface area contributed by atoms with E-state index in [1.165, 1.54) is 16.4 Å². The zero-order chi connectivity index (χ0) is 15.8. The highest BCUT2D eigenvalue weighted by atomic mass is 35.5. The van der Waals surface area contributed by atoms with E-state index in [4.69, 9.17) is 28.9 Å². The molecule has 1 aliphatic heterocycles. The predicted molar refractivity (Wildman–Crippen MR) is 87.3 cm³/mol. The predicted octanol–water partition coefficient (Wildman–Crippen LogP) is 3.78. The van der Waals surface area contributed by atoms with Crippen molar-refractivity contribution in [3.05, 3.63) is 22.2 Å². The normalized spacial score (nSPS) is 20.2. The minimum atomic E-state index is -3.70. The third kappa shape index (κ3) is 3.65. The molecule has 0 bridgehead atoms. The summed E-state index contributed by atoms with van der Waals surface area (Å²) in [5.41, 5.74) is 6.13. The van der Waals surface area contributed by atoms with Crippen LogP contribution in [-0.2, 0) is 10.0 Å². The molecular formula is C14H20Cl2N2O2S. The second kappa shape index (κ2) is 5.95. The third-order valence-electron chi connectivity index (χ3n) is 3.92. The van der Waals surface area contributed by atoms with Gasteiger partial charge in [0.2, 0.25) is 10.0 Å². The first kappa shape index (κ1) is 16.9. The van der Waals surface area contributed by atoms with Gasteiger partial charge in [0.05, 0.1) is 10.0 Å². The van der Waals surface area contributed by atoms with E-state index in [9.17, 15) is 8.42 Å². The van der Waals surface area contributed by atoms with Gasteiger partial charge in [-0.05, 0) is 36.8 Å². The summed E-state index contributed by atoms with van der Waals surface area (Å²) in [6, 6.07) is 2.84. The van der Waals surface area contributed by atoms with Crippen molar-refractivity contribution in [3.8, 4) is 0 Å². The van der Waals surface area contributed by atoms with Crippen LogP contribution >= 0.6 is 23.2 Å².